The van der Waals surface area contributed by atoms with Crippen molar-refractivity contribution in [2.75, 3.05) is 26.6 Å². The largest absolute Gasteiger partial charge is 0.496 e. The monoisotopic (exact) mass is 391 g/mol. The molecule has 24 heavy (non-hydrogen) atoms. The first-order chi connectivity index (χ1) is 11.6. The van der Waals surface area contributed by atoms with Crippen LogP contribution in [0.3, 0.4) is 0 Å². The van der Waals surface area contributed by atoms with Gasteiger partial charge in [0.2, 0.25) is 5.91 Å². The van der Waals surface area contributed by atoms with Gasteiger partial charge in [-0.1, -0.05) is 15.9 Å². The number of carbonyl (C=O) groups is 1. The number of anilines is 1. The van der Waals surface area contributed by atoms with Gasteiger partial charge in [-0.15, -0.1) is 0 Å². The predicted molar refractivity (Wildman–Crippen MR) is 95.3 cm³/mol. The summed E-state index contributed by atoms with van der Waals surface area (Å²) in [6, 6.07) is 9.38. The van der Waals surface area contributed by atoms with Gasteiger partial charge in [-0.3, -0.25) is 4.79 Å². The first-order valence-corrected chi connectivity index (χ1v) is 8.26. The Hall–Kier alpha value is -2.21. The van der Waals surface area contributed by atoms with Crippen molar-refractivity contribution in [3.8, 4) is 17.2 Å². The van der Waals surface area contributed by atoms with E-state index in [-0.39, 0.29) is 11.8 Å². The van der Waals surface area contributed by atoms with Gasteiger partial charge in [0.15, 0.2) is 0 Å². The lowest BCUT2D eigenvalue weighted by Gasteiger charge is -2.17. The first kappa shape index (κ1) is 16.6. The van der Waals surface area contributed by atoms with E-state index in [4.69, 9.17) is 14.2 Å². The number of hydrogen-bond acceptors (Lipinski definition) is 4. The molecule has 6 heteroatoms. The third-order valence-electron chi connectivity index (χ3n) is 4.19. The van der Waals surface area contributed by atoms with Crippen molar-refractivity contribution in [1.82, 2.24) is 0 Å². The molecule has 1 N–H and O–H groups in total. The Kier molecular flexibility index (Phi) is 4.66. The summed E-state index contributed by atoms with van der Waals surface area (Å²) in [6.45, 7) is 0. The number of hydrogen-bond donors (Lipinski definition) is 1. The molecule has 0 bridgehead atoms. The molecule has 0 radical (unpaired) electrons. The highest BCUT2D eigenvalue weighted by atomic mass is 79.9. The van der Waals surface area contributed by atoms with Crippen LogP contribution in [-0.2, 0) is 11.2 Å². The summed E-state index contributed by atoms with van der Waals surface area (Å²) < 4.78 is 17.2. The van der Waals surface area contributed by atoms with Crippen molar-refractivity contribution in [1.29, 1.82) is 0 Å². The van der Waals surface area contributed by atoms with Crippen LogP contribution < -0.4 is 19.5 Å². The van der Waals surface area contributed by atoms with Crippen LogP contribution in [0.4, 0.5) is 5.69 Å². The maximum Gasteiger partial charge on any atom is 0.232 e. The smallest absolute Gasteiger partial charge is 0.232 e. The summed E-state index contributed by atoms with van der Waals surface area (Å²) in [5, 5.41) is 2.93. The molecule has 2 aromatic carbocycles. The molecule has 0 aliphatic carbocycles. The molecule has 1 atom stereocenters. The summed E-state index contributed by atoms with van der Waals surface area (Å²) in [6.07, 6.45) is 0.478. The number of carbonyl (C=O) groups excluding carboxylic acids is 1. The fraction of sp³-hybridized carbons (Fsp3) is 0.278. The number of ether oxygens (including phenoxy) is 3. The molecule has 0 fully saturated rings. The van der Waals surface area contributed by atoms with Gasteiger partial charge in [-0.2, -0.15) is 0 Å². The number of methoxy groups -OCH3 is 3. The first-order valence-electron chi connectivity index (χ1n) is 7.46. The maximum atomic E-state index is 12.4. The minimum atomic E-state index is -0.298. The standard InChI is InChI=1S/C18H18BrNO4/c1-22-11-7-16(23-2)14(17(8-11)24-3)9-13-12-6-10(19)4-5-15(12)20-18(13)21/h4-8,13H,9H2,1-3H3,(H,20,21). The zero-order valence-electron chi connectivity index (χ0n) is 13.7. The molecule has 126 valence electrons. The van der Waals surface area contributed by atoms with Crippen LogP contribution in [0, 0.1) is 0 Å². The zero-order chi connectivity index (χ0) is 17.3. The number of rotatable bonds is 5. The molecule has 0 spiro atoms. The summed E-state index contributed by atoms with van der Waals surface area (Å²) in [4.78, 5) is 12.4. The van der Waals surface area contributed by atoms with Gasteiger partial charge in [-0.05, 0) is 30.2 Å². The van der Waals surface area contributed by atoms with E-state index < -0.39 is 0 Å². The van der Waals surface area contributed by atoms with Gasteiger partial charge < -0.3 is 19.5 Å². The van der Waals surface area contributed by atoms with Crippen LogP contribution in [0.25, 0.3) is 0 Å². The number of fused-ring (bicyclic) bond motifs is 1. The molecule has 0 saturated heterocycles. The highest BCUT2D eigenvalue weighted by molar-refractivity contribution is 9.10. The molecule has 0 aromatic heterocycles. The molecule has 1 aliphatic rings. The number of halogens is 1. The van der Waals surface area contributed by atoms with Crippen molar-refractivity contribution >= 4 is 27.5 Å². The lowest BCUT2D eigenvalue weighted by atomic mass is 9.92. The number of amides is 1. The minimum absolute atomic E-state index is 0.0250. The SMILES string of the molecule is COc1cc(OC)c(CC2C(=O)Nc3ccc(Br)cc32)c(OC)c1. The molecule has 0 saturated carbocycles. The van der Waals surface area contributed by atoms with Crippen LogP contribution in [-0.4, -0.2) is 27.2 Å². The molecule has 1 unspecified atom stereocenters. The van der Waals surface area contributed by atoms with Crippen molar-refractivity contribution < 1.29 is 19.0 Å². The molecule has 5 nitrogen and oxygen atoms in total. The van der Waals surface area contributed by atoms with Crippen molar-refractivity contribution in [3.63, 3.8) is 0 Å². The third-order valence-corrected chi connectivity index (χ3v) is 4.68. The van der Waals surface area contributed by atoms with E-state index in [0.717, 1.165) is 21.3 Å². The van der Waals surface area contributed by atoms with Crippen molar-refractivity contribution in [3.05, 3.63) is 45.9 Å². The molecule has 2 aromatic rings. The molecular weight excluding hydrogens is 374 g/mol. The average molecular weight is 392 g/mol. The molecule has 1 amide bonds. The Labute approximate surface area is 149 Å². The number of nitrogens with one attached hydrogen (secondary N) is 1. The van der Waals surface area contributed by atoms with Gasteiger partial charge in [0.25, 0.3) is 0 Å². The summed E-state index contributed by atoms with van der Waals surface area (Å²) in [5.41, 5.74) is 2.66. The third kappa shape index (κ3) is 2.94. The van der Waals surface area contributed by atoms with Crippen LogP contribution in [0.2, 0.25) is 0 Å². The quantitative estimate of drug-likeness (QED) is 0.842. The summed E-state index contributed by atoms with van der Waals surface area (Å²) in [5.74, 6) is 1.60. The average Bonchev–Trinajstić information content (AvgIpc) is 2.90. The normalized spacial score (nSPS) is 15.7. The van der Waals surface area contributed by atoms with Crippen LogP contribution in [0.1, 0.15) is 17.0 Å². The zero-order valence-corrected chi connectivity index (χ0v) is 15.3. The van der Waals surface area contributed by atoms with Crippen molar-refractivity contribution in [2.45, 2.75) is 12.3 Å². The summed E-state index contributed by atoms with van der Waals surface area (Å²) in [7, 11) is 4.78. The summed E-state index contributed by atoms with van der Waals surface area (Å²) >= 11 is 3.47. The second kappa shape index (κ2) is 6.73. The molecule has 3 rings (SSSR count). The molecular formula is C18H18BrNO4. The van der Waals surface area contributed by atoms with Gasteiger partial charge in [0, 0.05) is 27.9 Å². The maximum absolute atomic E-state index is 12.4. The van der Waals surface area contributed by atoms with E-state index in [1.54, 1.807) is 33.5 Å². The Balaban J connectivity index is 2.03. The highest BCUT2D eigenvalue weighted by Gasteiger charge is 2.32. The Morgan fingerprint density at radius 3 is 2.29 bits per heavy atom. The van der Waals surface area contributed by atoms with E-state index in [0.29, 0.717) is 23.7 Å². The van der Waals surface area contributed by atoms with Crippen LogP contribution >= 0.6 is 15.9 Å². The Morgan fingerprint density at radius 1 is 1.04 bits per heavy atom. The van der Waals surface area contributed by atoms with E-state index in [1.165, 1.54) is 0 Å². The van der Waals surface area contributed by atoms with Gasteiger partial charge in [0.1, 0.15) is 17.2 Å². The van der Waals surface area contributed by atoms with Gasteiger partial charge in [0.05, 0.1) is 27.2 Å². The van der Waals surface area contributed by atoms with Crippen LogP contribution in [0.5, 0.6) is 17.2 Å². The van der Waals surface area contributed by atoms with E-state index in [2.05, 4.69) is 21.2 Å². The molecule has 1 heterocycles. The number of benzene rings is 2. The van der Waals surface area contributed by atoms with Crippen molar-refractivity contribution in [2.24, 2.45) is 0 Å². The second-order valence-electron chi connectivity index (χ2n) is 5.49. The molecule has 1 aliphatic heterocycles. The lowest BCUT2D eigenvalue weighted by Crippen LogP contribution is -2.15. The van der Waals surface area contributed by atoms with E-state index in [9.17, 15) is 4.79 Å². The fourth-order valence-corrected chi connectivity index (χ4v) is 3.36. The van der Waals surface area contributed by atoms with Gasteiger partial charge >= 0.3 is 0 Å². The highest BCUT2D eigenvalue weighted by Crippen LogP contribution is 2.41. The van der Waals surface area contributed by atoms with Crippen LogP contribution in [0.15, 0.2) is 34.8 Å². The predicted octanol–water partition coefficient (Wildman–Crippen LogP) is 3.75. The topological polar surface area (TPSA) is 56.8 Å². The minimum Gasteiger partial charge on any atom is -0.496 e. The van der Waals surface area contributed by atoms with E-state index in [1.807, 2.05) is 18.2 Å². The Bertz CT molecular complexity index is 766. The van der Waals surface area contributed by atoms with Gasteiger partial charge in [-0.25, -0.2) is 0 Å². The fourth-order valence-electron chi connectivity index (χ4n) is 2.98. The lowest BCUT2D eigenvalue weighted by molar-refractivity contribution is -0.117. The Morgan fingerprint density at radius 2 is 1.71 bits per heavy atom. The second-order valence-corrected chi connectivity index (χ2v) is 6.40. The van der Waals surface area contributed by atoms with E-state index >= 15 is 0 Å².